The normalized spacial score (nSPS) is 9.75. The maximum absolute atomic E-state index is 3.12. The van der Waals surface area contributed by atoms with E-state index < -0.39 is 0 Å². The summed E-state index contributed by atoms with van der Waals surface area (Å²) in [6.45, 7) is 2.30. The Bertz CT molecular complexity index is 37.4. The van der Waals surface area contributed by atoms with Gasteiger partial charge in [-0.3, -0.25) is 0 Å². The molecule has 0 rings (SSSR count). The van der Waals surface area contributed by atoms with Crippen LogP contribution < -0.4 is 5.32 Å². The van der Waals surface area contributed by atoms with Gasteiger partial charge in [-0.15, -0.1) is 0 Å². The first kappa shape index (κ1) is 9.11. The summed E-state index contributed by atoms with van der Waals surface area (Å²) in [7, 11) is 2.00. The van der Waals surface area contributed by atoms with Crippen LogP contribution in [0.15, 0.2) is 0 Å². The van der Waals surface area contributed by atoms with Crippen LogP contribution >= 0.6 is 11.8 Å². The number of nitrogens with one attached hydrogen (secondary N) is 1. The Morgan fingerprint density at radius 1 is 1.62 bits per heavy atom. The van der Waals surface area contributed by atoms with Crippen molar-refractivity contribution in [2.24, 2.45) is 0 Å². The molecular weight excluding hydrogens is 225 g/mol. The topological polar surface area (TPSA) is 12.0 Å². The van der Waals surface area contributed by atoms with Crippen LogP contribution in [0, 0.1) is 0 Å². The second-order valence-electron chi connectivity index (χ2n) is 1.45. The molecule has 0 aromatic carbocycles. The average molecular weight is 238 g/mol. The number of rotatable bonds is 5. The molecule has 0 aliphatic rings. The maximum atomic E-state index is 3.12. The van der Waals surface area contributed by atoms with Crippen LogP contribution in [0.1, 0.15) is 6.92 Å². The van der Waals surface area contributed by atoms with Gasteiger partial charge in [0.2, 0.25) is 0 Å². The molecule has 0 aliphatic heterocycles. The van der Waals surface area contributed by atoms with Crippen LogP contribution in [0.4, 0.5) is 0 Å². The minimum atomic E-state index is 0.0938. The van der Waals surface area contributed by atoms with Gasteiger partial charge < -0.3 is 0 Å². The number of hydrogen-bond donors (Lipinski definition) is 1. The van der Waals surface area contributed by atoms with Gasteiger partial charge in [-0.05, 0) is 0 Å². The third kappa shape index (κ3) is 7.11. The molecule has 1 N–H and O–H groups in total. The van der Waals surface area contributed by atoms with E-state index in [1.54, 1.807) is 0 Å². The summed E-state index contributed by atoms with van der Waals surface area (Å²) in [5.74, 6) is 1.14. The van der Waals surface area contributed by atoms with Crippen LogP contribution in [0.2, 0.25) is 4.44 Å². The van der Waals surface area contributed by atoms with Crippen LogP contribution in [-0.2, 0) is 0 Å². The predicted molar refractivity (Wildman–Crippen MR) is 42.6 cm³/mol. The third-order valence-electron chi connectivity index (χ3n) is 0.701. The standard InChI is InChI=1S/C3H8NS.C2H5.Sn/c1-4-3-5-2;1-2;/h4H,2-3H2,1H3;1H2,2H3;. The van der Waals surface area contributed by atoms with Crippen LogP contribution in [0.3, 0.4) is 0 Å². The molecule has 48 valence electrons. The monoisotopic (exact) mass is 239 g/mol. The van der Waals surface area contributed by atoms with Crippen LogP contribution in [-0.4, -0.2) is 37.8 Å². The van der Waals surface area contributed by atoms with Gasteiger partial charge in [-0.25, -0.2) is 0 Å². The van der Waals surface area contributed by atoms with E-state index in [-0.39, 0.29) is 21.1 Å². The van der Waals surface area contributed by atoms with Gasteiger partial charge >= 0.3 is 66.3 Å². The summed E-state index contributed by atoms with van der Waals surface area (Å²) >= 11 is 2.14. The zero-order valence-corrected chi connectivity index (χ0v) is 9.20. The fourth-order valence-corrected chi connectivity index (χ4v) is 4.84. The van der Waals surface area contributed by atoms with Gasteiger partial charge in [-0.1, -0.05) is 0 Å². The molecule has 0 aliphatic carbocycles. The third-order valence-corrected chi connectivity index (χ3v) is 6.52. The Morgan fingerprint density at radius 3 is 2.88 bits per heavy atom. The summed E-state index contributed by atoms with van der Waals surface area (Å²) in [4.78, 5) is 0. The zero-order valence-electron chi connectivity index (χ0n) is 5.53. The van der Waals surface area contributed by atoms with Crippen LogP contribution in [0.25, 0.3) is 0 Å². The van der Waals surface area contributed by atoms with E-state index in [4.69, 9.17) is 0 Å². The van der Waals surface area contributed by atoms with E-state index in [9.17, 15) is 0 Å². The van der Waals surface area contributed by atoms with Crippen molar-refractivity contribution in [3.8, 4) is 0 Å². The molecule has 0 spiro atoms. The summed E-state index contributed by atoms with van der Waals surface area (Å²) in [6.07, 6.45) is 0. The molecule has 0 saturated carbocycles. The van der Waals surface area contributed by atoms with Crippen molar-refractivity contribution < 1.29 is 0 Å². The zero-order chi connectivity index (χ0) is 6.24. The molecule has 0 aromatic rings. The van der Waals surface area contributed by atoms with E-state index in [2.05, 4.69) is 12.2 Å². The van der Waals surface area contributed by atoms with Gasteiger partial charge in [-0.2, -0.15) is 0 Å². The van der Waals surface area contributed by atoms with Gasteiger partial charge in [0.05, 0.1) is 0 Å². The summed E-state index contributed by atoms with van der Waals surface area (Å²) in [5, 5.41) is 3.12. The molecule has 0 unspecified atom stereocenters. The first-order valence-electron chi connectivity index (χ1n) is 2.85. The van der Waals surface area contributed by atoms with Gasteiger partial charge in [0.15, 0.2) is 0 Å². The molecular formula is C5H13NSSn. The minimum absolute atomic E-state index is 0.0938. The second-order valence-corrected chi connectivity index (χ2v) is 8.35. The first-order valence-corrected chi connectivity index (χ1v) is 8.04. The predicted octanol–water partition coefficient (Wildman–Crippen LogP) is 0.996. The Kier molecular flexibility index (Phi) is 9.23. The molecule has 3 heteroatoms. The molecule has 2 radical (unpaired) electrons. The quantitative estimate of drug-likeness (QED) is 0.435. The van der Waals surface area contributed by atoms with Crippen molar-refractivity contribution in [2.45, 2.75) is 11.4 Å². The first-order chi connectivity index (χ1) is 3.91. The summed E-state index contributed by atoms with van der Waals surface area (Å²) < 4.78 is 2.96. The van der Waals surface area contributed by atoms with E-state index in [1.807, 2.05) is 18.8 Å². The fraction of sp³-hybridized carbons (Fsp3) is 1.00. The summed E-state index contributed by atoms with van der Waals surface area (Å²) in [5.41, 5.74) is 0. The van der Waals surface area contributed by atoms with Crippen molar-refractivity contribution in [2.75, 3.05) is 16.7 Å². The van der Waals surface area contributed by atoms with Crippen molar-refractivity contribution in [1.29, 1.82) is 0 Å². The van der Waals surface area contributed by atoms with E-state index in [0.717, 1.165) is 5.88 Å². The Morgan fingerprint density at radius 2 is 2.38 bits per heavy atom. The molecule has 0 saturated heterocycles. The van der Waals surface area contributed by atoms with E-state index in [1.165, 1.54) is 8.21 Å². The number of thioether (sulfide) groups is 1. The molecule has 0 heterocycles. The SMILES string of the molecule is C[CH2][Sn][CH2]SCNC. The molecule has 1 nitrogen and oxygen atoms in total. The van der Waals surface area contributed by atoms with Gasteiger partial charge in [0.25, 0.3) is 0 Å². The molecule has 0 atom stereocenters. The van der Waals surface area contributed by atoms with Crippen molar-refractivity contribution >= 4 is 32.9 Å². The Balaban J connectivity index is 2.53. The molecule has 8 heavy (non-hydrogen) atoms. The average Bonchev–Trinajstić information content (AvgIpc) is 1.81. The van der Waals surface area contributed by atoms with Crippen molar-refractivity contribution in [3.63, 3.8) is 0 Å². The van der Waals surface area contributed by atoms with Gasteiger partial charge in [0, 0.05) is 0 Å². The molecule has 0 aromatic heterocycles. The Hall–Kier alpha value is 1.11. The van der Waals surface area contributed by atoms with E-state index >= 15 is 0 Å². The second kappa shape index (κ2) is 8.11. The van der Waals surface area contributed by atoms with E-state index in [0.29, 0.717) is 0 Å². The molecule has 0 amide bonds. The van der Waals surface area contributed by atoms with Gasteiger partial charge in [0.1, 0.15) is 0 Å². The summed E-state index contributed by atoms with van der Waals surface area (Å²) in [6, 6.07) is 0. The van der Waals surface area contributed by atoms with Crippen molar-refractivity contribution in [3.05, 3.63) is 0 Å². The molecule has 0 bridgehead atoms. The Labute approximate surface area is 66.2 Å². The fourth-order valence-electron chi connectivity index (χ4n) is 0.327. The molecule has 0 fully saturated rings. The van der Waals surface area contributed by atoms with Crippen molar-refractivity contribution in [1.82, 2.24) is 5.32 Å². The van der Waals surface area contributed by atoms with Crippen LogP contribution in [0.5, 0.6) is 0 Å². The number of hydrogen-bond acceptors (Lipinski definition) is 2.